The zero-order chi connectivity index (χ0) is 11.8. The van der Waals surface area contributed by atoms with E-state index in [4.69, 9.17) is 10.1 Å². The molecule has 0 aromatic heterocycles. The minimum Gasteiger partial charge on any atom is -0.478 e. The Labute approximate surface area is 90.2 Å². The summed E-state index contributed by atoms with van der Waals surface area (Å²) in [5, 5.41) is 7.49. The average Bonchev–Trinajstić information content (AvgIpc) is 2.50. The Hall–Kier alpha value is -1.85. The third-order valence-corrected chi connectivity index (χ3v) is 1.95. The molecule has 0 bridgehead atoms. The molecule has 0 radical (unpaired) electrons. The topological polar surface area (TPSA) is 51.5 Å². The summed E-state index contributed by atoms with van der Waals surface area (Å²) >= 11 is 0. The molecule has 1 heterocycles. The van der Waals surface area contributed by atoms with Crippen molar-refractivity contribution in [2.75, 3.05) is 6.61 Å². The molecular formula is C10H9F2NO3. The Morgan fingerprint density at radius 2 is 2.06 bits per heavy atom. The van der Waals surface area contributed by atoms with Crippen LogP contribution >= 0.6 is 0 Å². The predicted molar refractivity (Wildman–Crippen MR) is 51.1 cm³/mol. The fraction of sp³-hybridized carbons (Fsp3) is 0.300. The summed E-state index contributed by atoms with van der Waals surface area (Å²) in [6, 6.07) is 4.06. The largest absolute Gasteiger partial charge is 0.586 e. The molecular weight excluding hydrogens is 220 g/mol. The zero-order valence-corrected chi connectivity index (χ0v) is 8.42. The van der Waals surface area contributed by atoms with Gasteiger partial charge in [0.05, 0.1) is 6.61 Å². The van der Waals surface area contributed by atoms with Crippen LogP contribution in [0.25, 0.3) is 0 Å². The van der Waals surface area contributed by atoms with Gasteiger partial charge in [0.25, 0.3) is 0 Å². The minimum absolute atomic E-state index is 0.0435. The quantitative estimate of drug-likeness (QED) is 0.625. The van der Waals surface area contributed by atoms with Crippen LogP contribution in [0.5, 0.6) is 11.5 Å². The summed E-state index contributed by atoms with van der Waals surface area (Å²) in [6.45, 7) is 2.07. The van der Waals surface area contributed by atoms with E-state index in [0.717, 1.165) is 0 Å². The number of hydrogen-bond acceptors (Lipinski definition) is 4. The smallest absolute Gasteiger partial charge is 0.478 e. The van der Waals surface area contributed by atoms with E-state index in [1.54, 1.807) is 6.92 Å². The van der Waals surface area contributed by atoms with Crippen LogP contribution in [0.4, 0.5) is 8.78 Å². The van der Waals surface area contributed by atoms with E-state index < -0.39 is 6.29 Å². The van der Waals surface area contributed by atoms with Crippen LogP contribution in [-0.4, -0.2) is 18.8 Å². The standard InChI is InChI=1S/C10H9F2NO3/c1-2-14-9(13)6-3-4-7-8(5-6)16-10(11,12)15-7/h3-5,13H,2H2,1H3. The highest BCUT2D eigenvalue weighted by Crippen LogP contribution is 2.41. The van der Waals surface area contributed by atoms with Crippen molar-refractivity contribution in [1.29, 1.82) is 5.41 Å². The number of alkyl halides is 2. The lowest BCUT2D eigenvalue weighted by molar-refractivity contribution is -0.286. The molecule has 1 N–H and O–H groups in total. The van der Waals surface area contributed by atoms with E-state index in [-0.39, 0.29) is 17.4 Å². The summed E-state index contributed by atoms with van der Waals surface area (Å²) in [6.07, 6.45) is -3.63. The molecule has 0 fully saturated rings. The fourth-order valence-electron chi connectivity index (χ4n) is 1.32. The summed E-state index contributed by atoms with van der Waals surface area (Å²) in [7, 11) is 0. The summed E-state index contributed by atoms with van der Waals surface area (Å²) in [4.78, 5) is 0. The Bertz CT molecular complexity index is 434. The van der Waals surface area contributed by atoms with E-state index in [2.05, 4.69) is 9.47 Å². The van der Waals surface area contributed by atoms with Crippen molar-refractivity contribution in [2.45, 2.75) is 13.2 Å². The first-order valence-corrected chi connectivity index (χ1v) is 4.63. The van der Waals surface area contributed by atoms with E-state index >= 15 is 0 Å². The second-order valence-corrected chi connectivity index (χ2v) is 3.09. The third kappa shape index (κ3) is 1.91. The van der Waals surface area contributed by atoms with E-state index in [0.29, 0.717) is 12.2 Å². The lowest BCUT2D eigenvalue weighted by Gasteiger charge is -2.05. The first-order valence-electron chi connectivity index (χ1n) is 4.63. The van der Waals surface area contributed by atoms with Gasteiger partial charge in [-0.15, -0.1) is 8.78 Å². The highest BCUT2D eigenvalue weighted by molar-refractivity contribution is 5.92. The van der Waals surface area contributed by atoms with Gasteiger partial charge in [-0.3, -0.25) is 5.41 Å². The maximum atomic E-state index is 12.7. The van der Waals surface area contributed by atoms with Crippen molar-refractivity contribution in [1.82, 2.24) is 0 Å². The Balaban J connectivity index is 2.26. The Morgan fingerprint density at radius 1 is 1.38 bits per heavy atom. The minimum atomic E-state index is -3.63. The second kappa shape index (κ2) is 3.62. The van der Waals surface area contributed by atoms with Crippen LogP contribution in [0.3, 0.4) is 0 Å². The molecule has 86 valence electrons. The van der Waals surface area contributed by atoms with Crippen LogP contribution in [0.1, 0.15) is 12.5 Å². The molecule has 4 nitrogen and oxygen atoms in total. The molecule has 0 spiro atoms. The molecule has 0 amide bonds. The maximum absolute atomic E-state index is 12.7. The number of nitrogens with one attached hydrogen (secondary N) is 1. The van der Waals surface area contributed by atoms with Crippen LogP contribution in [0.15, 0.2) is 18.2 Å². The lowest BCUT2D eigenvalue weighted by Crippen LogP contribution is -2.25. The van der Waals surface area contributed by atoms with Crippen molar-refractivity contribution in [3.05, 3.63) is 23.8 Å². The van der Waals surface area contributed by atoms with Gasteiger partial charge in [0, 0.05) is 5.56 Å². The van der Waals surface area contributed by atoms with Gasteiger partial charge >= 0.3 is 6.29 Å². The SMILES string of the molecule is CCOC(=N)c1ccc2c(c1)OC(F)(F)O2. The van der Waals surface area contributed by atoms with Gasteiger partial charge in [0.1, 0.15) is 0 Å². The van der Waals surface area contributed by atoms with Gasteiger partial charge in [0.2, 0.25) is 5.90 Å². The van der Waals surface area contributed by atoms with Crippen molar-refractivity contribution >= 4 is 5.90 Å². The highest BCUT2D eigenvalue weighted by atomic mass is 19.3. The van der Waals surface area contributed by atoms with Crippen molar-refractivity contribution < 1.29 is 23.0 Å². The number of fused-ring (bicyclic) bond motifs is 1. The summed E-state index contributed by atoms with van der Waals surface area (Å²) in [5.41, 5.74) is 0.363. The number of hydrogen-bond donors (Lipinski definition) is 1. The number of rotatable bonds is 2. The van der Waals surface area contributed by atoms with Crippen molar-refractivity contribution in [3.8, 4) is 11.5 Å². The maximum Gasteiger partial charge on any atom is 0.586 e. The van der Waals surface area contributed by atoms with E-state index in [1.165, 1.54) is 18.2 Å². The fourth-order valence-corrected chi connectivity index (χ4v) is 1.32. The first-order chi connectivity index (χ1) is 7.52. The third-order valence-electron chi connectivity index (χ3n) is 1.95. The zero-order valence-electron chi connectivity index (χ0n) is 8.42. The van der Waals surface area contributed by atoms with Crippen LogP contribution in [0, 0.1) is 5.41 Å². The molecule has 0 atom stereocenters. The van der Waals surface area contributed by atoms with Gasteiger partial charge in [-0.25, -0.2) is 0 Å². The van der Waals surface area contributed by atoms with E-state index in [9.17, 15) is 8.78 Å². The molecule has 1 aromatic carbocycles. The lowest BCUT2D eigenvalue weighted by atomic mass is 10.2. The molecule has 0 saturated heterocycles. The predicted octanol–water partition coefficient (Wildman–Crippen LogP) is 2.37. The number of benzene rings is 1. The average molecular weight is 229 g/mol. The van der Waals surface area contributed by atoms with E-state index in [1.807, 2.05) is 0 Å². The van der Waals surface area contributed by atoms with Gasteiger partial charge in [-0.05, 0) is 25.1 Å². The number of ether oxygens (including phenoxy) is 3. The highest BCUT2D eigenvalue weighted by Gasteiger charge is 2.43. The number of halogens is 2. The molecule has 16 heavy (non-hydrogen) atoms. The molecule has 0 unspecified atom stereocenters. The summed E-state index contributed by atoms with van der Waals surface area (Å²) in [5.74, 6) is -0.228. The Morgan fingerprint density at radius 3 is 2.75 bits per heavy atom. The molecule has 6 heteroatoms. The van der Waals surface area contributed by atoms with Gasteiger partial charge in [-0.2, -0.15) is 0 Å². The molecule has 1 aromatic rings. The second-order valence-electron chi connectivity index (χ2n) is 3.09. The van der Waals surface area contributed by atoms with Gasteiger partial charge < -0.3 is 14.2 Å². The van der Waals surface area contributed by atoms with Crippen LogP contribution in [0.2, 0.25) is 0 Å². The molecule has 0 aliphatic carbocycles. The molecule has 2 rings (SSSR count). The normalized spacial score (nSPS) is 15.9. The molecule has 0 saturated carbocycles. The summed E-state index contributed by atoms with van der Waals surface area (Å²) < 4.78 is 38.8. The van der Waals surface area contributed by atoms with Crippen molar-refractivity contribution in [2.24, 2.45) is 0 Å². The van der Waals surface area contributed by atoms with Crippen LogP contribution in [-0.2, 0) is 4.74 Å². The molecule has 1 aliphatic heterocycles. The van der Waals surface area contributed by atoms with Crippen LogP contribution < -0.4 is 9.47 Å². The Kier molecular flexibility index (Phi) is 2.41. The molecule has 1 aliphatic rings. The first kappa shape index (κ1) is 10.7. The van der Waals surface area contributed by atoms with Gasteiger partial charge in [-0.1, -0.05) is 0 Å². The van der Waals surface area contributed by atoms with Crippen molar-refractivity contribution in [3.63, 3.8) is 0 Å². The monoisotopic (exact) mass is 229 g/mol. The van der Waals surface area contributed by atoms with Gasteiger partial charge in [0.15, 0.2) is 11.5 Å².